The highest BCUT2D eigenvalue weighted by Gasteiger charge is 2.35. The van der Waals surface area contributed by atoms with Crippen molar-refractivity contribution in [2.45, 2.75) is 71.2 Å². The lowest BCUT2D eigenvalue weighted by Crippen LogP contribution is -2.43. The van der Waals surface area contributed by atoms with E-state index in [1.165, 1.54) is 0 Å². The van der Waals surface area contributed by atoms with E-state index in [1.54, 1.807) is 6.07 Å². The molecule has 0 bridgehead atoms. The summed E-state index contributed by atoms with van der Waals surface area (Å²) in [6.45, 7) is 11.9. The number of phenolic OH excluding ortho intramolecular Hbond substituents is 1. The van der Waals surface area contributed by atoms with E-state index in [0.29, 0.717) is 12.2 Å². The van der Waals surface area contributed by atoms with Gasteiger partial charge in [-0.05, 0) is 76.3 Å². The normalized spacial score (nSPS) is 20.9. The number of ether oxygens (including phenoxy) is 1. The summed E-state index contributed by atoms with van der Waals surface area (Å²) in [5.74, 6) is 0.701. The first kappa shape index (κ1) is 19.9. The van der Waals surface area contributed by atoms with E-state index in [2.05, 4.69) is 24.8 Å². The Morgan fingerprint density at radius 3 is 2.59 bits per heavy atom. The molecule has 3 nitrogen and oxygen atoms in total. The molecule has 0 saturated heterocycles. The van der Waals surface area contributed by atoms with Crippen LogP contribution in [0.3, 0.4) is 0 Å². The van der Waals surface area contributed by atoms with Crippen molar-refractivity contribution < 1.29 is 14.2 Å². The minimum atomic E-state index is -0.819. The molecule has 1 N–H and O–H groups in total. The number of hydrogen-bond donors (Lipinski definition) is 1. The van der Waals surface area contributed by atoms with E-state index in [9.17, 15) is 9.50 Å². The Bertz CT molecular complexity index is 758. The molecule has 1 heterocycles. The lowest BCUT2D eigenvalue weighted by Gasteiger charge is -2.36. The van der Waals surface area contributed by atoms with Crippen LogP contribution in [0.5, 0.6) is 11.5 Å². The zero-order valence-electron chi connectivity index (χ0n) is 17.2. The summed E-state index contributed by atoms with van der Waals surface area (Å²) in [5.41, 5.74) is 2.88. The lowest BCUT2D eigenvalue weighted by molar-refractivity contribution is 0.125. The number of aromatic hydroxyl groups is 1. The Kier molecular flexibility index (Phi) is 5.40. The first-order valence-electron chi connectivity index (χ1n) is 9.84. The van der Waals surface area contributed by atoms with Crippen molar-refractivity contribution in [3.63, 3.8) is 0 Å². The van der Waals surface area contributed by atoms with Gasteiger partial charge in [-0.25, -0.2) is 4.39 Å². The summed E-state index contributed by atoms with van der Waals surface area (Å²) in [6.07, 6.45) is 5.57. The third-order valence-corrected chi connectivity index (χ3v) is 5.50. The number of hydrogen-bond acceptors (Lipinski definition) is 3. The second-order valence-corrected chi connectivity index (χ2v) is 9.34. The summed E-state index contributed by atoms with van der Waals surface area (Å²) in [4.78, 5) is 2.38. The maximum absolute atomic E-state index is 14.2. The van der Waals surface area contributed by atoms with Crippen LogP contribution in [0.2, 0.25) is 0 Å². The summed E-state index contributed by atoms with van der Waals surface area (Å²) >= 11 is 0. The molecule has 0 spiro atoms. The highest BCUT2D eigenvalue weighted by Crippen LogP contribution is 2.35. The molecule has 2 aliphatic rings. The Labute approximate surface area is 162 Å². The fraction of sp³-hybridized carbons (Fsp3) is 0.565. The highest BCUT2D eigenvalue weighted by molar-refractivity contribution is 5.42. The molecule has 1 unspecified atom stereocenters. The fourth-order valence-corrected chi connectivity index (χ4v) is 3.76. The maximum atomic E-state index is 14.2. The largest absolute Gasteiger partial charge is 0.504 e. The first-order valence-corrected chi connectivity index (χ1v) is 9.84. The van der Waals surface area contributed by atoms with Gasteiger partial charge in [-0.15, -0.1) is 0 Å². The standard InChI is InChI=1S/C23H32FNO2/c1-22(2,3)27-21-13-16(9-10-20(21)26)11-12-23(4,5)25-14-17-7-6-8-19(24)18(17)15-25/h6-7,9-10,13,19,26H,8,11-12,14-15H2,1-5H3. The topological polar surface area (TPSA) is 32.7 Å². The SMILES string of the molecule is CC(C)(C)Oc1cc(CCC(C)(C)N2CC3=C(C2)C(F)CC=C3)ccc1O. The van der Waals surface area contributed by atoms with Crippen LogP contribution in [-0.4, -0.2) is 40.4 Å². The number of allylic oxidation sites excluding steroid dienone is 1. The van der Waals surface area contributed by atoms with Crippen LogP contribution in [0.1, 0.15) is 53.0 Å². The monoisotopic (exact) mass is 373 g/mol. The summed E-state index contributed by atoms with van der Waals surface area (Å²) < 4.78 is 20.1. The van der Waals surface area contributed by atoms with Crippen molar-refractivity contribution in [2.24, 2.45) is 0 Å². The minimum absolute atomic E-state index is 0.0339. The Hall–Kier alpha value is -1.81. The molecular weight excluding hydrogens is 341 g/mol. The molecule has 148 valence electrons. The van der Waals surface area contributed by atoms with Gasteiger partial charge in [0.15, 0.2) is 11.5 Å². The van der Waals surface area contributed by atoms with Gasteiger partial charge in [0.1, 0.15) is 11.8 Å². The minimum Gasteiger partial charge on any atom is -0.504 e. The second-order valence-electron chi connectivity index (χ2n) is 9.34. The van der Waals surface area contributed by atoms with Gasteiger partial charge in [0.2, 0.25) is 0 Å². The van der Waals surface area contributed by atoms with Gasteiger partial charge >= 0.3 is 0 Å². The van der Waals surface area contributed by atoms with Crippen molar-refractivity contribution in [2.75, 3.05) is 13.1 Å². The first-order chi connectivity index (χ1) is 12.5. The molecule has 27 heavy (non-hydrogen) atoms. The number of nitrogens with zero attached hydrogens (tertiary/aromatic N) is 1. The van der Waals surface area contributed by atoms with Crippen LogP contribution < -0.4 is 4.74 Å². The van der Waals surface area contributed by atoms with Crippen LogP contribution in [0.4, 0.5) is 4.39 Å². The quantitative estimate of drug-likeness (QED) is 0.771. The molecule has 0 amide bonds. The van der Waals surface area contributed by atoms with Crippen molar-refractivity contribution in [1.29, 1.82) is 0 Å². The van der Waals surface area contributed by atoms with Crippen LogP contribution >= 0.6 is 0 Å². The van der Waals surface area contributed by atoms with Crippen LogP contribution in [0.25, 0.3) is 0 Å². The molecule has 1 aliphatic carbocycles. The molecule has 0 saturated carbocycles. The second kappa shape index (κ2) is 7.31. The van der Waals surface area contributed by atoms with Crippen LogP contribution in [0, 0.1) is 0 Å². The van der Waals surface area contributed by atoms with E-state index >= 15 is 0 Å². The number of halogens is 1. The van der Waals surface area contributed by atoms with Crippen molar-refractivity contribution in [3.05, 3.63) is 47.1 Å². The smallest absolute Gasteiger partial charge is 0.161 e. The summed E-state index contributed by atoms with van der Waals surface area (Å²) in [5, 5.41) is 10.1. The van der Waals surface area contributed by atoms with Gasteiger partial charge in [-0.2, -0.15) is 0 Å². The van der Waals surface area contributed by atoms with Crippen molar-refractivity contribution in [1.82, 2.24) is 4.90 Å². The highest BCUT2D eigenvalue weighted by atomic mass is 19.1. The van der Waals surface area contributed by atoms with E-state index in [0.717, 1.165) is 42.6 Å². The predicted octanol–water partition coefficient (Wildman–Crippen LogP) is 5.19. The van der Waals surface area contributed by atoms with Gasteiger partial charge in [0.05, 0.1) is 0 Å². The molecule has 0 radical (unpaired) electrons. The van der Waals surface area contributed by atoms with Gasteiger partial charge in [-0.1, -0.05) is 18.2 Å². The average molecular weight is 374 g/mol. The van der Waals surface area contributed by atoms with Gasteiger partial charge < -0.3 is 9.84 Å². The van der Waals surface area contributed by atoms with Crippen LogP contribution in [0.15, 0.2) is 41.5 Å². The molecule has 1 atom stereocenters. The molecule has 1 aromatic carbocycles. The Balaban J connectivity index is 1.64. The van der Waals surface area contributed by atoms with Gasteiger partial charge in [0.25, 0.3) is 0 Å². The third kappa shape index (κ3) is 4.73. The average Bonchev–Trinajstić information content (AvgIpc) is 3.01. The molecule has 0 aromatic heterocycles. The molecule has 0 fully saturated rings. The van der Waals surface area contributed by atoms with Gasteiger partial charge in [0, 0.05) is 25.0 Å². The number of aryl methyl sites for hydroxylation is 1. The number of rotatable bonds is 5. The Morgan fingerprint density at radius 2 is 1.93 bits per heavy atom. The van der Waals surface area contributed by atoms with Gasteiger partial charge in [-0.3, -0.25) is 4.90 Å². The zero-order chi connectivity index (χ0) is 19.8. The molecule has 1 aromatic rings. The fourth-order valence-electron chi connectivity index (χ4n) is 3.76. The summed E-state index contributed by atoms with van der Waals surface area (Å²) in [6, 6.07) is 5.59. The maximum Gasteiger partial charge on any atom is 0.161 e. The molecule has 4 heteroatoms. The van der Waals surface area contributed by atoms with Crippen LogP contribution in [-0.2, 0) is 6.42 Å². The number of benzene rings is 1. The number of alkyl halides is 1. The van der Waals surface area contributed by atoms with Crippen molar-refractivity contribution >= 4 is 0 Å². The van der Waals surface area contributed by atoms with E-state index in [4.69, 9.17) is 4.74 Å². The van der Waals surface area contributed by atoms with E-state index < -0.39 is 6.17 Å². The molecule has 1 aliphatic heterocycles. The predicted molar refractivity (Wildman–Crippen MR) is 108 cm³/mol. The summed E-state index contributed by atoms with van der Waals surface area (Å²) in [7, 11) is 0. The number of phenols is 1. The third-order valence-electron chi connectivity index (χ3n) is 5.50. The molecule has 3 rings (SSSR count). The van der Waals surface area contributed by atoms with E-state index in [-0.39, 0.29) is 16.9 Å². The van der Waals surface area contributed by atoms with Crippen molar-refractivity contribution in [3.8, 4) is 11.5 Å². The zero-order valence-corrected chi connectivity index (χ0v) is 17.2. The lowest BCUT2D eigenvalue weighted by atomic mass is 9.93. The van der Waals surface area contributed by atoms with E-state index in [1.807, 2.05) is 39.0 Å². The Morgan fingerprint density at radius 1 is 1.19 bits per heavy atom. The molecular formula is C23H32FNO2.